The predicted molar refractivity (Wildman–Crippen MR) is 110 cm³/mol. The van der Waals surface area contributed by atoms with E-state index < -0.39 is 0 Å². The van der Waals surface area contributed by atoms with Crippen molar-refractivity contribution in [3.63, 3.8) is 0 Å². The largest absolute Gasteiger partial charge is 2.00 e. The summed E-state index contributed by atoms with van der Waals surface area (Å²) in [6.45, 7) is 25.9. The Labute approximate surface area is 177 Å². The Morgan fingerprint density at radius 1 is 0.519 bits per heavy atom. The van der Waals surface area contributed by atoms with Gasteiger partial charge in [-0.05, 0) is 10.8 Å². The number of hydrogen-bond donors (Lipinski definition) is 0. The van der Waals surface area contributed by atoms with Crippen molar-refractivity contribution < 1.29 is 17.1 Å². The van der Waals surface area contributed by atoms with Crippen LogP contribution in [0, 0.1) is 0 Å². The third-order valence-electron chi connectivity index (χ3n) is 4.15. The zero-order chi connectivity index (χ0) is 20.6. The van der Waals surface area contributed by atoms with Crippen LogP contribution in [-0.2, 0) is 38.7 Å². The Balaban J connectivity index is 0.000000483. The maximum Gasteiger partial charge on any atom is 2.00 e. The van der Waals surface area contributed by atoms with Gasteiger partial charge in [-0.25, -0.2) is 0 Å². The maximum atomic E-state index is 4.20. The van der Waals surface area contributed by atoms with E-state index >= 15 is 0 Å². The van der Waals surface area contributed by atoms with Crippen molar-refractivity contribution in [2.45, 2.75) is 105 Å². The van der Waals surface area contributed by atoms with Crippen LogP contribution in [0.4, 0.5) is 0 Å². The number of rotatable bonds is 0. The van der Waals surface area contributed by atoms with Crippen LogP contribution in [0.15, 0.2) is 12.1 Å². The van der Waals surface area contributed by atoms with Crippen LogP contribution in [0.25, 0.3) is 0 Å². The van der Waals surface area contributed by atoms with Crippen LogP contribution in [0.3, 0.4) is 0 Å². The van der Waals surface area contributed by atoms with Crippen molar-refractivity contribution in [3.05, 3.63) is 34.9 Å². The van der Waals surface area contributed by atoms with Crippen molar-refractivity contribution in [2.75, 3.05) is 0 Å². The van der Waals surface area contributed by atoms with E-state index in [-0.39, 0.29) is 38.7 Å². The van der Waals surface area contributed by atoms with Gasteiger partial charge in [-0.1, -0.05) is 95.2 Å². The molecule has 2 aromatic heterocycles. The quantitative estimate of drug-likeness (QED) is 0.544. The fourth-order valence-electron chi connectivity index (χ4n) is 2.06. The van der Waals surface area contributed by atoms with Gasteiger partial charge in [-0.2, -0.15) is 0 Å². The van der Waals surface area contributed by atoms with E-state index in [9.17, 15) is 0 Å². The minimum absolute atomic E-state index is 0. The van der Waals surface area contributed by atoms with E-state index in [0.29, 0.717) is 0 Å². The average Bonchev–Trinajstić information content (AvgIpc) is 3.06. The summed E-state index contributed by atoms with van der Waals surface area (Å²) in [5.74, 6) is 0. The molecule has 157 valence electrons. The first kappa shape index (κ1) is 25.9. The van der Waals surface area contributed by atoms with Crippen LogP contribution in [-0.4, -0.2) is 10.2 Å². The molecule has 1 radical (unpaired) electrons. The molecule has 2 heterocycles. The van der Waals surface area contributed by atoms with Gasteiger partial charge in [0.15, 0.2) is 0 Å². The second-order valence-corrected chi connectivity index (χ2v) is 11.2. The zero-order valence-corrected chi connectivity index (χ0v) is 20.2. The minimum atomic E-state index is 0. The second-order valence-electron chi connectivity index (χ2n) is 11.2. The van der Waals surface area contributed by atoms with Crippen molar-refractivity contribution in [1.29, 1.82) is 0 Å². The molecule has 0 bridgehead atoms. The number of hydrogen-bond acceptors (Lipinski definition) is 2. The Bertz CT molecular complexity index is 579. The van der Waals surface area contributed by atoms with Crippen molar-refractivity contribution in [1.82, 2.24) is 20.4 Å². The maximum absolute atomic E-state index is 4.20. The zero-order valence-electron chi connectivity index (χ0n) is 19.2. The molecule has 0 fully saturated rings. The second kappa shape index (κ2) is 8.53. The van der Waals surface area contributed by atoms with Gasteiger partial charge < -0.3 is 20.4 Å². The normalized spacial score (nSPS) is 12.9. The molecule has 0 aliphatic rings. The molecule has 0 aromatic carbocycles. The fraction of sp³-hybridized carbons (Fsp3) is 0.727. The first-order valence-corrected chi connectivity index (χ1v) is 9.45. The number of nitrogens with zero attached hydrogens (tertiary/aromatic N) is 4. The van der Waals surface area contributed by atoms with E-state index in [4.69, 9.17) is 0 Å². The minimum Gasteiger partial charge on any atom is -0.578 e. The van der Waals surface area contributed by atoms with Gasteiger partial charge in [-0.15, -0.1) is 11.4 Å². The third-order valence-corrected chi connectivity index (χ3v) is 4.15. The summed E-state index contributed by atoms with van der Waals surface area (Å²) < 4.78 is 0. The third kappa shape index (κ3) is 7.83. The molecule has 0 aliphatic carbocycles. The van der Waals surface area contributed by atoms with Gasteiger partial charge >= 0.3 is 17.1 Å². The molecule has 0 aliphatic heterocycles. The Kier molecular flexibility index (Phi) is 8.19. The Morgan fingerprint density at radius 3 is 0.889 bits per heavy atom. The molecule has 27 heavy (non-hydrogen) atoms. The topological polar surface area (TPSA) is 54.0 Å². The van der Waals surface area contributed by atoms with E-state index in [1.807, 2.05) is 0 Å². The van der Waals surface area contributed by atoms with Gasteiger partial charge in [0.2, 0.25) is 0 Å². The van der Waals surface area contributed by atoms with E-state index in [1.54, 1.807) is 0 Å². The molecule has 4 nitrogen and oxygen atoms in total. The predicted octanol–water partition coefficient (Wildman–Crippen LogP) is 5.27. The molecule has 0 saturated heterocycles. The Morgan fingerprint density at radius 2 is 0.778 bits per heavy atom. The standard InChI is InChI=1S/2C11H19N2.Cu/c2*1-10(2,3)8-7-9(13-12-8)11(4,5)6;/h2*7H,1-6H3;/q2*-1;+2. The summed E-state index contributed by atoms with van der Waals surface area (Å²) in [5, 5.41) is 16.8. The van der Waals surface area contributed by atoms with Crippen LogP contribution in [0.1, 0.15) is 106 Å². The van der Waals surface area contributed by atoms with Crippen molar-refractivity contribution >= 4 is 0 Å². The molecule has 0 N–H and O–H groups in total. The van der Waals surface area contributed by atoms with Gasteiger partial charge in [0, 0.05) is 22.2 Å². The molecule has 0 unspecified atom stereocenters. The first-order chi connectivity index (χ1) is 11.4. The summed E-state index contributed by atoms with van der Waals surface area (Å²) in [6.07, 6.45) is 0. The average molecular weight is 422 g/mol. The molecule has 2 aromatic rings. The molecule has 0 amide bonds. The Hall–Kier alpha value is -1.06. The van der Waals surface area contributed by atoms with E-state index in [0.717, 1.165) is 22.8 Å². The van der Waals surface area contributed by atoms with Gasteiger partial charge in [-0.3, -0.25) is 0 Å². The molecule has 2 rings (SSSR count). The smallest absolute Gasteiger partial charge is 0.578 e. The molecule has 0 atom stereocenters. The van der Waals surface area contributed by atoms with E-state index in [1.165, 1.54) is 0 Å². The van der Waals surface area contributed by atoms with Gasteiger partial charge in [0.25, 0.3) is 0 Å². The monoisotopic (exact) mass is 421 g/mol. The summed E-state index contributed by atoms with van der Waals surface area (Å²) in [7, 11) is 0. The fourth-order valence-corrected chi connectivity index (χ4v) is 2.06. The van der Waals surface area contributed by atoms with Crippen molar-refractivity contribution in [3.8, 4) is 0 Å². The van der Waals surface area contributed by atoms with Crippen LogP contribution in [0.2, 0.25) is 0 Å². The molecular weight excluding hydrogens is 384 g/mol. The first-order valence-electron chi connectivity index (χ1n) is 9.45. The summed E-state index contributed by atoms with van der Waals surface area (Å²) >= 11 is 0. The SMILES string of the molecule is CC(C)(C)c1cc(C(C)(C)C)[n-]n1.CC(C)(C)c1cc(C(C)(C)C)[n-]n1.[Cu+2]. The van der Waals surface area contributed by atoms with Crippen molar-refractivity contribution in [2.24, 2.45) is 0 Å². The van der Waals surface area contributed by atoms with Crippen LogP contribution >= 0.6 is 0 Å². The van der Waals surface area contributed by atoms with Gasteiger partial charge in [0.1, 0.15) is 0 Å². The van der Waals surface area contributed by atoms with Crippen LogP contribution < -0.4 is 10.2 Å². The summed E-state index contributed by atoms with van der Waals surface area (Å²) in [6, 6.07) is 4.22. The molecule has 5 heteroatoms. The van der Waals surface area contributed by atoms with Crippen LogP contribution in [0.5, 0.6) is 0 Å². The number of aromatic nitrogens is 4. The summed E-state index contributed by atoms with van der Waals surface area (Å²) in [4.78, 5) is 0. The van der Waals surface area contributed by atoms with Gasteiger partial charge in [0.05, 0.1) is 0 Å². The molecule has 0 saturated carbocycles. The summed E-state index contributed by atoms with van der Waals surface area (Å²) in [5.41, 5.74) is 4.75. The molecular formula is C22H38CuN4. The molecule has 0 spiro atoms. The van der Waals surface area contributed by atoms with E-state index in [2.05, 4.69) is 116 Å².